The van der Waals surface area contributed by atoms with Crippen LogP contribution in [0.1, 0.15) is 40.0 Å². The van der Waals surface area contributed by atoms with E-state index >= 15 is 0 Å². The van der Waals surface area contributed by atoms with Crippen LogP contribution in [0.4, 0.5) is 4.79 Å². The van der Waals surface area contributed by atoms with E-state index in [1.54, 1.807) is 4.90 Å². The molecule has 1 saturated heterocycles. The molecule has 2 rings (SSSR count). The van der Waals surface area contributed by atoms with Gasteiger partial charge in [-0.2, -0.15) is 0 Å². The SMILES string of the molecule is CC(C)(C)OC(=O)N1CCOC(C2(CN)CCC2)C1. The summed E-state index contributed by atoms with van der Waals surface area (Å²) < 4.78 is 11.3. The van der Waals surface area contributed by atoms with Gasteiger partial charge in [-0.1, -0.05) is 6.42 Å². The third-order valence-electron chi connectivity index (χ3n) is 4.16. The maximum Gasteiger partial charge on any atom is 0.410 e. The number of hydrogen-bond donors (Lipinski definition) is 1. The molecule has 1 unspecified atom stereocenters. The van der Waals surface area contributed by atoms with Gasteiger partial charge < -0.3 is 20.1 Å². The Bertz CT molecular complexity index is 329. The monoisotopic (exact) mass is 270 g/mol. The van der Waals surface area contributed by atoms with Crippen molar-refractivity contribution in [1.82, 2.24) is 4.90 Å². The van der Waals surface area contributed by atoms with Crippen LogP contribution >= 0.6 is 0 Å². The lowest BCUT2D eigenvalue weighted by Crippen LogP contribution is -2.57. The van der Waals surface area contributed by atoms with Gasteiger partial charge in [-0.3, -0.25) is 0 Å². The van der Waals surface area contributed by atoms with Crippen LogP contribution in [-0.4, -0.2) is 48.9 Å². The summed E-state index contributed by atoms with van der Waals surface area (Å²) in [7, 11) is 0. The summed E-state index contributed by atoms with van der Waals surface area (Å²) in [6.45, 7) is 8.08. The van der Waals surface area contributed by atoms with Crippen molar-refractivity contribution in [3.05, 3.63) is 0 Å². The highest BCUT2D eigenvalue weighted by Crippen LogP contribution is 2.45. The molecule has 0 bridgehead atoms. The average Bonchev–Trinajstić information content (AvgIpc) is 2.26. The van der Waals surface area contributed by atoms with E-state index in [2.05, 4.69) is 0 Å². The number of rotatable bonds is 2. The largest absolute Gasteiger partial charge is 0.444 e. The van der Waals surface area contributed by atoms with Crippen LogP contribution in [0.5, 0.6) is 0 Å². The molecule has 0 spiro atoms. The lowest BCUT2D eigenvalue weighted by Gasteiger charge is -2.49. The summed E-state index contributed by atoms with van der Waals surface area (Å²) in [5.74, 6) is 0. The molecule has 110 valence electrons. The smallest absolute Gasteiger partial charge is 0.410 e. The van der Waals surface area contributed by atoms with E-state index in [9.17, 15) is 4.79 Å². The molecule has 1 saturated carbocycles. The van der Waals surface area contributed by atoms with E-state index in [1.165, 1.54) is 6.42 Å². The fourth-order valence-electron chi connectivity index (χ4n) is 2.80. The van der Waals surface area contributed by atoms with Crippen LogP contribution in [0.2, 0.25) is 0 Å². The van der Waals surface area contributed by atoms with Crippen LogP contribution in [0.3, 0.4) is 0 Å². The Labute approximate surface area is 115 Å². The molecule has 1 aliphatic carbocycles. The summed E-state index contributed by atoms with van der Waals surface area (Å²) in [5.41, 5.74) is 5.54. The van der Waals surface area contributed by atoms with Gasteiger partial charge in [0.15, 0.2) is 0 Å². The zero-order valence-corrected chi connectivity index (χ0v) is 12.3. The van der Waals surface area contributed by atoms with Gasteiger partial charge in [0.05, 0.1) is 19.3 Å². The molecule has 0 aromatic rings. The van der Waals surface area contributed by atoms with Crippen molar-refractivity contribution in [2.75, 3.05) is 26.2 Å². The van der Waals surface area contributed by atoms with E-state index in [4.69, 9.17) is 15.2 Å². The lowest BCUT2D eigenvalue weighted by molar-refractivity contribution is -0.120. The highest BCUT2D eigenvalue weighted by molar-refractivity contribution is 5.68. The van der Waals surface area contributed by atoms with Crippen LogP contribution in [-0.2, 0) is 9.47 Å². The number of amides is 1. The molecular formula is C14H26N2O3. The van der Waals surface area contributed by atoms with Crippen LogP contribution in [0, 0.1) is 5.41 Å². The predicted octanol–water partition coefficient (Wildman–Crippen LogP) is 1.75. The number of hydrogen-bond acceptors (Lipinski definition) is 4. The second-order valence-electron chi connectivity index (χ2n) is 6.71. The molecule has 19 heavy (non-hydrogen) atoms. The molecule has 0 radical (unpaired) electrons. The zero-order chi connectivity index (χ0) is 14.1. The first-order chi connectivity index (χ1) is 8.86. The minimum absolute atomic E-state index is 0.0625. The Morgan fingerprint density at radius 1 is 1.47 bits per heavy atom. The van der Waals surface area contributed by atoms with Gasteiger partial charge in [0.25, 0.3) is 0 Å². The van der Waals surface area contributed by atoms with E-state index in [-0.39, 0.29) is 17.6 Å². The standard InChI is InChI=1S/C14H26N2O3/c1-13(2,3)19-12(17)16-7-8-18-11(9-16)14(10-15)5-4-6-14/h11H,4-10,15H2,1-3H3. The van der Waals surface area contributed by atoms with Crippen molar-refractivity contribution in [1.29, 1.82) is 0 Å². The van der Waals surface area contributed by atoms with Gasteiger partial charge in [0, 0.05) is 18.5 Å². The van der Waals surface area contributed by atoms with E-state index in [1.807, 2.05) is 20.8 Å². The van der Waals surface area contributed by atoms with Crippen molar-refractivity contribution >= 4 is 6.09 Å². The Balaban J connectivity index is 1.95. The number of carbonyl (C=O) groups excluding carboxylic acids is 1. The predicted molar refractivity (Wildman–Crippen MR) is 72.9 cm³/mol. The fourth-order valence-corrected chi connectivity index (χ4v) is 2.80. The maximum absolute atomic E-state index is 12.1. The minimum atomic E-state index is -0.451. The maximum atomic E-state index is 12.1. The number of nitrogens with two attached hydrogens (primary N) is 1. The van der Waals surface area contributed by atoms with Crippen molar-refractivity contribution in [3.8, 4) is 0 Å². The van der Waals surface area contributed by atoms with Gasteiger partial charge in [0.2, 0.25) is 0 Å². The molecule has 1 amide bonds. The average molecular weight is 270 g/mol. The highest BCUT2D eigenvalue weighted by atomic mass is 16.6. The van der Waals surface area contributed by atoms with E-state index in [0.29, 0.717) is 26.2 Å². The molecule has 1 heterocycles. The van der Waals surface area contributed by atoms with Crippen molar-refractivity contribution < 1.29 is 14.3 Å². The zero-order valence-electron chi connectivity index (χ0n) is 12.3. The third kappa shape index (κ3) is 3.20. The van der Waals surface area contributed by atoms with Gasteiger partial charge in [0.1, 0.15) is 5.60 Å². The Hall–Kier alpha value is -0.810. The minimum Gasteiger partial charge on any atom is -0.444 e. The molecule has 1 aliphatic heterocycles. The summed E-state index contributed by atoms with van der Waals surface area (Å²) in [5, 5.41) is 0. The van der Waals surface area contributed by atoms with E-state index in [0.717, 1.165) is 12.8 Å². The Kier molecular flexibility index (Phi) is 4.06. The molecule has 1 atom stereocenters. The first-order valence-electron chi connectivity index (χ1n) is 7.16. The quantitative estimate of drug-likeness (QED) is 0.830. The molecule has 2 aliphatic rings. The summed E-state index contributed by atoms with van der Waals surface area (Å²) in [4.78, 5) is 13.9. The number of nitrogens with zero attached hydrogens (tertiary/aromatic N) is 1. The molecule has 0 aromatic heterocycles. The first-order valence-corrected chi connectivity index (χ1v) is 7.16. The Morgan fingerprint density at radius 2 is 2.16 bits per heavy atom. The van der Waals surface area contributed by atoms with Crippen LogP contribution in [0.25, 0.3) is 0 Å². The van der Waals surface area contributed by atoms with Crippen LogP contribution < -0.4 is 5.73 Å². The number of carbonyl (C=O) groups is 1. The van der Waals surface area contributed by atoms with Gasteiger partial charge in [-0.05, 0) is 33.6 Å². The van der Waals surface area contributed by atoms with Crippen molar-refractivity contribution in [3.63, 3.8) is 0 Å². The van der Waals surface area contributed by atoms with Crippen molar-refractivity contribution in [2.45, 2.75) is 51.7 Å². The molecule has 5 nitrogen and oxygen atoms in total. The van der Waals surface area contributed by atoms with E-state index < -0.39 is 5.60 Å². The second kappa shape index (κ2) is 5.29. The third-order valence-corrected chi connectivity index (χ3v) is 4.16. The molecular weight excluding hydrogens is 244 g/mol. The summed E-state index contributed by atoms with van der Waals surface area (Å²) in [6, 6.07) is 0. The first kappa shape index (κ1) is 14.6. The van der Waals surface area contributed by atoms with Crippen molar-refractivity contribution in [2.24, 2.45) is 11.1 Å². The second-order valence-corrected chi connectivity index (χ2v) is 6.71. The van der Waals surface area contributed by atoms with Crippen LogP contribution in [0.15, 0.2) is 0 Å². The topological polar surface area (TPSA) is 64.8 Å². The van der Waals surface area contributed by atoms with Gasteiger partial charge in [-0.25, -0.2) is 4.79 Å². The normalized spacial score (nSPS) is 26.7. The molecule has 2 fully saturated rings. The van der Waals surface area contributed by atoms with Gasteiger partial charge >= 0.3 is 6.09 Å². The number of ether oxygens (including phenoxy) is 2. The summed E-state index contributed by atoms with van der Waals surface area (Å²) >= 11 is 0. The molecule has 2 N–H and O–H groups in total. The fraction of sp³-hybridized carbons (Fsp3) is 0.929. The van der Waals surface area contributed by atoms with Gasteiger partial charge in [-0.15, -0.1) is 0 Å². The number of morpholine rings is 1. The molecule has 0 aromatic carbocycles. The molecule has 5 heteroatoms. The Morgan fingerprint density at radius 3 is 2.63 bits per heavy atom. The summed E-state index contributed by atoms with van der Waals surface area (Å²) in [6.07, 6.45) is 3.25. The highest BCUT2D eigenvalue weighted by Gasteiger charge is 2.46. The lowest BCUT2D eigenvalue weighted by atomic mass is 9.64.